The van der Waals surface area contributed by atoms with Gasteiger partial charge in [-0.2, -0.15) is 0 Å². The number of para-hydroxylation sites is 2. The molecule has 0 amide bonds. The van der Waals surface area contributed by atoms with E-state index in [2.05, 4.69) is 187 Å². The second kappa shape index (κ2) is 11.9. The highest BCUT2D eigenvalue weighted by molar-refractivity contribution is 7.26. The lowest BCUT2D eigenvalue weighted by molar-refractivity contribution is 0.669. The largest absolute Gasteiger partial charge is 0.454 e. The quantitative estimate of drug-likeness (QED) is 0.167. The number of benzene rings is 9. The zero-order valence-corrected chi connectivity index (χ0v) is 29.5. The Bertz CT molecular complexity index is 3190. The molecule has 2 aromatic heterocycles. The van der Waals surface area contributed by atoms with Crippen molar-refractivity contribution in [3.63, 3.8) is 0 Å². The van der Waals surface area contributed by atoms with Gasteiger partial charge in [-0.25, -0.2) is 0 Å². The molecule has 11 aromatic rings. The summed E-state index contributed by atoms with van der Waals surface area (Å²) >= 11 is 1.87. The first-order valence-electron chi connectivity index (χ1n) is 18.0. The van der Waals surface area contributed by atoms with Gasteiger partial charge in [0.05, 0.1) is 11.4 Å². The van der Waals surface area contributed by atoms with E-state index < -0.39 is 0 Å². The normalized spacial score (nSPS) is 11.8. The number of rotatable bonds is 5. The molecule has 11 rings (SSSR count). The Kier molecular flexibility index (Phi) is 6.76. The Morgan fingerprint density at radius 1 is 0.396 bits per heavy atom. The number of hydrogen-bond acceptors (Lipinski definition) is 3. The Balaban J connectivity index is 1.27. The van der Waals surface area contributed by atoms with Crippen LogP contribution in [0, 0.1) is 0 Å². The van der Waals surface area contributed by atoms with Gasteiger partial charge in [-0.3, -0.25) is 0 Å². The Hall–Kier alpha value is -6.68. The van der Waals surface area contributed by atoms with Gasteiger partial charge in [0.15, 0.2) is 5.58 Å². The van der Waals surface area contributed by atoms with Crippen LogP contribution in [0.25, 0.3) is 85.9 Å². The summed E-state index contributed by atoms with van der Waals surface area (Å²) in [5, 5.41) is 9.63. The van der Waals surface area contributed by atoms with Crippen molar-refractivity contribution in [2.24, 2.45) is 0 Å². The van der Waals surface area contributed by atoms with E-state index in [1.807, 2.05) is 17.4 Å². The summed E-state index contributed by atoms with van der Waals surface area (Å²) in [6.07, 6.45) is 0. The molecule has 248 valence electrons. The van der Waals surface area contributed by atoms with Crippen LogP contribution in [0.1, 0.15) is 0 Å². The second-order valence-electron chi connectivity index (χ2n) is 13.7. The van der Waals surface area contributed by atoms with Crippen molar-refractivity contribution in [3.8, 4) is 22.3 Å². The van der Waals surface area contributed by atoms with Crippen molar-refractivity contribution >= 4 is 92.1 Å². The number of nitrogens with zero attached hydrogens (tertiary/aromatic N) is 1. The van der Waals surface area contributed by atoms with E-state index in [4.69, 9.17) is 4.42 Å². The van der Waals surface area contributed by atoms with E-state index in [9.17, 15) is 0 Å². The fraction of sp³-hybridized carbons (Fsp3) is 0. The zero-order valence-electron chi connectivity index (χ0n) is 28.7. The fourth-order valence-electron chi connectivity index (χ4n) is 8.20. The Morgan fingerprint density at radius 3 is 1.94 bits per heavy atom. The molecular formula is C50H31NOS. The molecule has 0 aliphatic rings. The summed E-state index contributed by atoms with van der Waals surface area (Å²) in [6.45, 7) is 0. The summed E-state index contributed by atoms with van der Waals surface area (Å²) in [5.74, 6) is 0. The van der Waals surface area contributed by atoms with Gasteiger partial charge < -0.3 is 9.32 Å². The number of anilines is 3. The molecular weight excluding hydrogens is 663 g/mol. The van der Waals surface area contributed by atoms with Crippen LogP contribution in [0.15, 0.2) is 192 Å². The predicted molar refractivity (Wildman–Crippen MR) is 227 cm³/mol. The van der Waals surface area contributed by atoms with Crippen LogP contribution in [0.5, 0.6) is 0 Å². The van der Waals surface area contributed by atoms with Crippen molar-refractivity contribution in [3.05, 3.63) is 188 Å². The smallest absolute Gasteiger partial charge is 0.159 e. The van der Waals surface area contributed by atoms with Gasteiger partial charge in [0.2, 0.25) is 0 Å². The maximum Gasteiger partial charge on any atom is 0.159 e. The number of hydrogen-bond donors (Lipinski definition) is 0. The van der Waals surface area contributed by atoms with Gasteiger partial charge in [-0.15, -0.1) is 11.3 Å². The zero-order chi connectivity index (χ0) is 34.9. The molecule has 0 saturated heterocycles. The number of fused-ring (bicyclic) bond motifs is 9. The lowest BCUT2D eigenvalue weighted by atomic mass is 9.95. The molecule has 0 aliphatic heterocycles. The van der Waals surface area contributed by atoms with Crippen LogP contribution in [-0.2, 0) is 0 Å². The molecule has 0 saturated carbocycles. The lowest BCUT2D eigenvalue weighted by Crippen LogP contribution is -2.11. The highest BCUT2D eigenvalue weighted by Gasteiger charge is 2.23. The highest BCUT2D eigenvalue weighted by atomic mass is 32.1. The van der Waals surface area contributed by atoms with Crippen LogP contribution in [0.3, 0.4) is 0 Å². The SMILES string of the molecule is c1ccc(-c2cc(-c3cccc4c3sc3ccccc34)cc(N(c3cc4ccccc4c4ccccc34)c3cccc4c3oc3ccccc34)c2)cc1. The lowest BCUT2D eigenvalue weighted by Gasteiger charge is -2.28. The molecule has 0 fully saturated rings. The monoisotopic (exact) mass is 693 g/mol. The van der Waals surface area contributed by atoms with Crippen LogP contribution in [0.4, 0.5) is 17.1 Å². The van der Waals surface area contributed by atoms with Crippen molar-refractivity contribution in [2.75, 3.05) is 4.90 Å². The summed E-state index contributed by atoms with van der Waals surface area (Å²) in [5.41, 5.74) is 9.63. The standard InChI is InChI=1S/C50H31NOS/c1-2-14-32(15-3-1)34-28-35(38-22-12-24-44-42-21-9-11-27-48(42)53-50(38)44)30-36(29-34)51(45-25-13-23-43-41-20-8-10-26-47(41)52-49(43)45)46-31-33-16-4-5-17-37(33)39-18-6-7-19-40(39)46/h1-31H. The van der Waals surface area contributed by atoms with E-state index in [0.717, 1.165) is 44.6 Å². The van der Waals surface area contributed by atoms with Crippen molar-refractivity contribution in [2.45, 2.75) is 0 Å². The summed E-state index contributed by atoms with van der Waals surface area (Å²) in [6, 6.07) is 68.0. The minimum Gasteiger partial charge on any atom is -0.454 e. The molecule has 2 nitrogen and oxygen atoms in total. The van der Waals surface area contributed by atoms with Crippen LogP contribution in [0.2, 0.25) is 0 Å². The molecule has 0 aliphatic carbocycles. The van der Waals surface area contributed by atoms with Crippen LogP contribution < -0.4 is 4.90 Å². The third kappa shape index (κ3) is 4.78. The highest BCUT2D eigenvalue weighted by Crippen LogP contribution is 2.48. The van der Waals surface area contributed by atoms with Gasteiger partial charge in [-0.05, 0) is 80.9 Å². The minimum absolute atomic E-state index is 0.865. The average Bonchev–Trinajstić information content (AvgIpc) is 3.80. The number of thiophene rings is 1. The molecule has 0 atom stereocenters. The molecule has 3 heteroatoms. The van der Waals surface area contributed by atoms with Crippen molar-refractivity contribution in [1.82, 2.24) is 0 Å². The minimum atomic E-state index is 0.865. The van der Waals surface area contributed by atoms with Gasteiger partial charge in [0, 0.05) is 42.0 Å². The van der Waals surface area contributed by atoms with Gasteiger partial charge in [-0.1, -0.05) is 146 Å². The van der Waals surface area contributed by atoms with E-state index in [0.29, 0.717) is 0 Å². The van der Waals surface area contributed by atoms with E-state index in [1.165, 1.54) is 58.4 Å². The first kappa shape index (κ1) is 30.0. The Labute approximate surface area is 310 Å². The average molecular weight is 694 g/mol. The van der Waals surface area contributed by atoms with E-state index >= 15 is 0 Å². The third-order valence-corrected chi connectivity index (χ3v) is 11.8. The predicted octanol–water partition coefficient (Wildman–Crippen LogP) is 15.1. The topological polar surface area (TPSA) is 16.4 Å². The molecule has 0 N–H and O–H groups in total. The third-order valence-electron chi connectivity index (χ3n) is 10.6. The van der Waals surface area contributed by atoms with Crippen molar-refractivity contribution < 1.29 is 4.42 Å². The van der Waals surface area contributed by atoms with Crippen LogP contribution >= 0.6 is 11.3 Å². The van der Waals surface area contributed by atoms with Crippen LogP contribution in [-0.4, -0.2) is 0 Å². The maximum absolute atomic E-state index is 6.79. The first-order chi connectivity index (χ1) is 26.3. The summed E-state index contributed by atoms with van der Waals surface area (Å²) < 4.78 is 9.39. The Morgan fingerprint density at radius 2 is 1.06 bits per heavy atom. The molecule has 0 unspecified atom stereocenters. The van der Waals surface area contributed by atoms with E-state index in [-0.39, 0.29) is 0 Å². The van der Waals surface area contributed by atoms with Gasteiger partial charge >= 0.3 is 0 Å². The summed E-state index contributed by atoms with van der Waals surface area (Å²) in [4.78, 5) is 2.43. The molecule has 0 spiro atoms. The fourth-order valence-corrected chi connectivity index (χ4v) is 9.44. The molecule has 9 aromatic carbocycles. The summed E-state index contributed by atoms with van der Waals surface area (Å²) in [7, 11) is 0. The van der Waals surface area contributed by atoms with Gasteiger partial charge in [0.1, 0.15) is 5.58 Å². The second-order valence-corrected chi connectivity index (χ2v) is 14.7. The maximum atomic E-state index is 6.79. The molecule has 2 heterocycles. The van der Waals surface area contributed by atoms with Gasteiger partial charge in [0.25, 0.3) is 0 Å². The molecule has 0 bridgehead atoms. The van der Waals surface area contributed by atoms with E-state index in [1.54, 1.807) is 0 Å². The van der Waals surface area contributed by atoms with Crippen molar-refractivity contribution in [1.29, 1.82) is 0 Å². The molecule has 0 radical (unpaired) electrons. The molecule has 53 heavy (non-hydrogen) atoms. The first-order valence-corrected chi connectivity index (χ1v) is 18.8. The number of furan rings is 1.